The van der Waals surface area contributed by atoms with E-state index in [0.717, 1.165) is 31.6 Å². The lowest BCUT2D eigenvalue weighted by atomic mass is 9.80. The highest BCUT2D eigenvalue weighted by Gasteiger charge is 2.33. The summed E-state index contributed by atoms with van der Waals surface area (Å²) in [5.74, 6) is 0.685. The molecule has 3 rings (SSSR count). The molecule has 4 heteroatoms. The Bertz CT molecular complexity index is 731. The highest BCUT2D eigenvalue weighted by atomic mass is 16.5. The summed E-state index contributed by atoms with van der Waals surface area (Å²) in [5.41, 5.74) is 3.72. The molecule has 144 valence electrons. The van der Waals surface area contributed by atoms with Crippen molar-refractivity contribution in [1.82, 2.24) is 5.32 Å². The van der Waals surface area contributed by atoms with Crippen LogP contribution in [0.5, 0.6) is 5.75 Å². The molecule has 0 bridgehead atoms. The molecule has 0 spiro atoms. The van der Waals surface area contributed by atoms with Crippen LogP contribution in [0.25, 0.3) is 0 Å². The number of carbonyl (C=O) groups is 1. The van der Waals surface area contributed by atoms with E-state index in [1.165, 1.54) is 16.7 Å². The van der Waals surface area contributed by atoms with Crippen molar-refractivity contribution in [1.29, 1.82) is 0 Å². The van der Waals surface area contributed by atoms with Crippen LogP contribution in [0, 0.1) is 11.8 Å². The van der Waals surface area contributed by atoms with Crippen molar-refractivity contribution in [2.75, 3.05) is 0 Å². The Balaban J connectivity index is 1.41. The Hall–Kier alpha value is -2.33. The first kappa shape index (κ1) is 19.4. The van der Waals surface area contributed by atoms with Gasteiger partial charge >= 0.3 is 5.97 Å². The minimum atomic E-state index is -0.677. The molecule has 4 nitrogen and oxygen atoms in total. The second-order valence-electron chi connectivity index (χ2n) is 7.93. The van der Waals surface area contributed by atoms with E-state index in [-0.39, 0.29) is 5.92 Å². The smallest absolute Gasteiger partial charge is 0.306 e. The zero-order chi connectivity index (χ0) is 19.2. The topological polar surface area (TPSA) is 58.6 Å². The van der Waals surface area contributed by atoms with Crippen LogP contribution in [0.2, 0.25) is 0 Å². The molecule has 0 radical (unpaired) electrons. The van der Waals surface area contributed by atoms with Gasteiger partial charge in [0.25, 0.3) is 0 Å². The number of hydrogen-bond donors (Lipinski definition) is 2. The maximum Gasteiger partial charge on any atom is 0.306 e. The lowest BCUT2D eigenvalue weighted by Gasteiger charge is -2.33. The molecule has 0 amide bonds. The molecule has 1 aliphatic carbocycles. The first-order chi connectivity index (χ1) is 13.0. The molecule has 2 aromatic rings. The Labute approximate surface area is 161 Å². The third-order valence-electron chi connectivity index (χ3n) is 5.08. The fraction of sp³-hybridized carbons (Fsp3) is 0.435. The largest absolute Gasteiger partial charge is 0.489 e. The summed E-state index contributed by atoms with van der Waals surface area (Å²) < 4.78 is 5.88. The van der Waals surface area contributed by atoms with Gasteiger partial charge in [-0.2, -0.15) is 0 Å². The van der Waals surface area contributed by atoms with Gasteiger partial charge in [0.05, 0.1) is 5.92 Å². The molecule has 27 heavy (non-hydrogen) atoms. The van der Waals surface area contributed by atoms with Gasteiger partial charge in [0.1, 0.15) is 12.4 Å². The predicted octanol–water partition coefficient (Wildman–Crippen LogP) is 4.42. The van der Waals surface area contributed by atoms with Gasteiger partial charge in [-0.05, 0) is 54.0 Å². The van der Waals surface area contributed by atoms with Crippen LogP contribution in [0.15, 0.2) is 48.5 Å². The van der Waals surface area contributed by atoms with Gasteiger partial charge < -0.3 is 15.2 Å². The summed E-state index contributed by atoms with van der Waals surface area (Å²) in [6.07, 6.45) is 2.56. The van der Waals surface area contributed by atoms with E-state index in [2.05, 4.69) is 55.6 Å². The summed E-state index contributed by atoms with van der Waals surface area (Å²) in [4.78, 5) is 10.8. The molecule has 1 saturated carbocycles. The fourth-order valence-corrected chi connectivity index (χ4v) is 3.36. The van der Waals surface area contributed by atoms with Gasteiger partial charge in [-0.15, -0.1) is 0 Å². The quantitative estimate of drug-likeness (QED) is 0.689. The summed E-state index contributed by atoms with van der Waals surface area (Å²) >= 11 is 0. The Morgan fingerprint density at radius 1 is 1.04 bits per heavy atom. The summed E-state index contributed by atoms with van der Waals surface area (Å²) in [7, 11) is 0. The second-order valence-corrected chi connectivity index (χ2v) is 7.93. The van der Waals surface area contributed by atoms with Crippen molar-refractivity contribution in [3.8, 4) is 5.75 Å². The third-order valence-corrected chi connectivity index (χ3v) is 5.08. The number of hydrogen-bond acceptors (Lipinski definition) is 3. The SMILES string of the molecule is CC(C)Cc1ccc(COc2ccc(CNC3CC(C(=O)O)C3)cc2)cc1. The van der Waals surface area contributed by atoms with Gasteiger partial charge in [-0.25, -0.2) is 0 Å². The molecule has 2 aromatic carbocycles. The molecule has 0 saturated heterocycles. The number of rotatable bonds is 9. The van der Waals surface area contributed by atoms with Crippen molar-refractivity contribution < 1.29 is 14.6 Å². The number of ether oxygens (including phenoxy) is 1. The Morgan fingerprint density at radius 3 is 2.22 bits per heavy atom. The Kier molecular flexibility index (Phi) is 6.51. The second kappa shape index (κ2) is 9.05. The van der Waals surface area contributed by atoms with Crippen molar-refractivity contribution in [3.05, 3.63) is 65.2 Å². The molecule has 0 aromatic heterocycles. The van der Waals surface area contributed by atoms with Gasteiger partial charge in [0.2, 0.25) is 0 Å². The number of nitrogens with one attached hydrogen (secondary N) is 1. The van der Waals surface area contributed by atoms with Crippen LogP contribution in [-0.4, -0.2) is 17.1 Å². The van der Waals surface area contributed by atoms with Crippen molar-refractivity contribution >= 4 is 5.97 Å². The lowest BCUT2D eigenvalue weighted by Crippen LogP contribution is -2.43. The average Bonchev–Trinajstić information content (AvgIpc) is 2.60. The van der Waals surface area contributed by atoms with Crippen molar-refractivity contribution in [3.63, 3.8) is 0 Å². The van der Waals surface area contributed by atoms with E-state index in [9.17, 15) is 4.79 Å². The predicted molar refractivity (Wildman–Crippen MR) is 107 cm³/mol. The van der Waals surface area contributed by atoms with E-state index in [4.69, 9.17) is 9.84 Å². The maximum absolute atomic E-state index is 10.8. The van der Waals surface area contributed by atoms with E-state index in [1.54, 1.807) is 0 Å². The molecule has 0 aliphatic heterocycles. The molecular formula is C23H29NO3. The fourth-order valence-electron chi connectivity index (χ4n) is 3.36. The minimum Gasteiger partial charge on any atom is -0.489 e. The average molecular weight is 367 g/mol. The number of carboxylic acids is 1. The highest BCUT2D eigenvalue weighted by molar-refractivity contribution is 5.71. The monoisotopic (exact) mass is 367 g/mol. The third kappa shape index (κ3) is 5.83. The molecule has 1 aliphatic rings. The van der Waals surface area contributed by atoms with Crippen LogP contribution in [0.4, 0.5) is 0 Å². The van der Waals surface area contributed by atoms with Gasteiger partial charge in [0.15, 0.2) is 0 Å². The van der Waals surface area contributed by atoms with Crippen LogP contribution < -0.4 is 10.1 Å². The van der Waals surface area contributed by atoms with Gasteiger partial charge in [-0.3, -0.25) is 4.79 Å². The highest BCUT2D eigenvalue weighted by Crippen LogP contribution is 2.27. The molecule has 2 N–H and O–H groups in total. The Morgan fingerprint density at radius 2 is 1.63 bits per heavy atom. The molecule has 0 atom stereocenters. The number of benzene rings is 2. The van der Waals surface area contributed by atoms with E-state index >= 15 is 0 Å². The molecule has 0 heterocycles. The number of carboxylic acid groups (broad SMARTS) is 1. The van der Waals surface area contributed by atoms with Crippen LogP contribution in [0.3, 0.4) is 0 Å². The van der Waals surface area contributed by atoms with Gasteiger partial charge in [0, 0.05) is 12.6 Å². The maximum atomic E-state index is 10.8. The van der Waals surface area contributed by atoms with Crippen LogP contribution >= 0.6 is 0 Å². The van der Waals surface area contributed by atoms with Crippen molar-refractivity contribution in [2.24, 2.45) is 11.8 Å². The standard InChI is InChI=1S/C23H29NO3/c1-16(2)11-17-3-5-19(6-4-17)15-27-22-9-7-18(8-10-22)14-24-21-12-20(13-21)23(25)26/h3-10,16,20-21,24H,11-15H2,1-2H3,(H,25,26). The van der Waals surface area contributed by atoms with Crippen molar-refractivity contribution in [2.45, 2.75) is 52.3 Å². The first-order valence-electron chi connectivity index (χ1n) is 9.75. The minimum absolute atomic E-state index is 0.169. The zero-order valence-corrected chi connectivity index (χ0v) is 16.2. The lowest BCUT2D eigenvalue weighted by molar-refractivity contribution is -0.145. The normalized spacial score (nSPS) is 18.9. The summed E-state index contributed by atoms with van der Waals surface area (Å²) in [6, 6.07) is 17.1. The van der Waals surface area contributed by atoms with Gasteiger partial charge in [-0.1, -0.05) is 50.2 Å². The molecule has 0 unspecified atom stereocenters. The molecular weight excluding hydrogens is 338 g/mol. The van der Waals surface area contributed by atoms with Crippen LogP contribution in [0.1, 0.15) is 43.4 Å². The van der Waals surface area contributed by atoms with Crippen LogP contribution in [-0.2, 0) is 24.4 Å². The zero-order valence-electron chi connectivity index (χ0n) is 16.2. The van der Waals surface area contributed by atoms with E-state index < -0.39 is 5.97 Å². The molecule has 1 fully saturated rings. The summed E-state index contributed by atoms with van der Waals surface area (Å²) in [5, 5.41) is 12.3. The summed E-state index contributed by atoms with van der Waals surface area (Å²) in [6.45, 7) is 5.79. The van der Waals surface area contributed by atoms with E-state index in [1.807, 2.05) is 12.1 Å². The number of aliphatic carboxylic acids is 1. The first-order valence-corrected chi connectivity index (χ1v) is 9.75. The van der Waals surface area contributed by atoms with E-state index in [0.29, 0.717) is 18.6 Å².